The number of aliphatic hydroxyl groups excluding tert-OH is 2. The van der Waals surface area contributed by atoms with Gasteiger partial charge < -0.3 is 55.4 Å². The second-order valence-corrected chi connectivity index (χ2v) is 10.1. The van der Waals surface area contributed by atoms with Crippen molar-refractivity contribution in [2.75, 3.05) is 0 Å². The lowest BCUT2D eigenvalue weighted by Gasteiger charge is -2.31. The summed E-state index contributed by atoms with van der Waals surface area (Å²) in [6.45, 7) is 0. The zero-order valence-corrected chi connectivity index (χ0v) is 21.7. The molecule has 2 aliphatic rings. The molecule has 0 saturated heterocycles. The maximum atomic E-state index is 13.2. The highest BCUT2D eigenvalue weighted by molar-refractivity contribution is 6.08. The topological polar surface area (TPSA) is 235 Å². The molecule has 4 aromatic rings. The van der Waals surface area contributed by atoms with Crippen LogP contribution in [-0.4, -0.2) is 69.7 Å². The van der Waals surface area contributed by atoms with Crippen LogP contribution in [0.5, 0.6) is 51.7 Å². The van der Waals surface area contributed by atoms with E-state index in [-0.39, 0.29) is 33.8 Å². The summed E-state index contributed by atoms with van der Waals surface area (Å²) in [7, 11) is 0. The quantitative estimate of drug-likeness (QED) is 0.156. The van der Waals surface area contributed by atoms with Crippen molar-refractivity contribution < 1.29 is 65.0 Å². The third-order valence-corrected chi connectivity index (χ3v) is 7.37. The van der Waals surface area contributed by atoms with E-state index in [0.29, 0.717) is 0 Å². The zero-order valence-electron chi connectivity index (χ0n) is 21.7. The van der Waals surface area contributed by atoms with Gasteiger partial charge in [0.1, 0.15) is 51.4 Å². The van der Waals surface area contributed by atoms with E-state index >= 15 is 0 Å². The van der Waals surface area contributed by atoms with Gasteiger partial charge in [-0.25, -0.2) is 0 Å². The van der Waals surface area contributed by atoms with Crippen molar-refractivity contribution in [1.82, 2.24) is 0 Å². The highest BCUT2D eigenvalue weighted by atomic mass is 16.5. The second-order valence-electron chi connectivity index (χ2n) is 10.1. The van der Waals surface area contributed by atoms with E-state index in [1.165, 1.54) is 18.2 Å². The number of phenolic OH excluding ortho intramolecular Hbond substituents is 7. The first-order valence-electron chi connectivity index (χ1n) is 12.6. The van der Waals surface area contributed by atoms with Gasteiger partial charge in [0.05, 0.1) is 5.56 Å². The van der Waals surface area contributed by atoms with Crippen LogP contribution in [0.1, 0.15) is 44.1 Å². The smallest absolute Gasteiger partial charge is 0.202 e. The number of fused-ring (bicyclic) bond motifs is 2. The standard InChI is InChI=1S/C30H22O13/c31-12-7-17(35)22-19(8-12)42-29(27(40)25(22)38)10-1-3-14(32)13(5-10)21-18(36)9-20-23(24(21)37)26(39)28(41)30(43-20)11-2-4-15(33)16(34)6-11/h1-9,27-37,40-41H/t27-,28+,29-,30+/m0/s1. The van der Waals surface area contributed by atoms with Crippen LogP contribution in [0.4, 0.5) is 0 Å². The lowest BCUT2D eigenvalue weighted by atomic mass is 9.88. The van der Waals surface area contributed by atoms with E-state index < -0.39 is 87.4 Å². The van der Waals surface area contributed by atoms with Gasteiger partial charge >= 0.3 is 0 Å². The predicted octanol–water partition coefficient (Wildman–Crippen LogP) is 2.65. The van der Waals surface area contributed by atoms with Crippen LogP contribution in [0, 0.1) is 0 Å². The number of benzene rings is 4. The molecule has 0 aliphatic carbocycles. The number of aliphatic hydroxyl groups is 2. The van der Waals surface area contributed by atoms with Crippen LogP contribution >= 0.6 is 0 Å². The molecule has 0 saturated carbocycles. The van der Waals surface area contributed by atoms with Gasteiger partial charge in [-0.3, -0.25) is 9.59 Å². The number of ketones is 2. The van der Waals surface area contributed by atoms with Crippen LogP contribution in [-0.2, 0) is 0 Å². The Labute approximate surface area is 240 Å². The first kappa shape index (κ1) is 27.5. The highest BCUT2D eigenvalue weighted by Gasteiger charge is 2.42. The monoisotopic (exact) mass is 590 g/mol. The summed E-state index contributed by atoms with van der Waals surface area (Å²) in [5.41, 5.74) is -1.39. The summed E-state index contributed by atoms with van der Waals surface area (Å²) in [6, 6.07) is 10.0. The van der Waals surface area contributed by atoms with Crippen molar-refractivity contribution in [3.63, 3.8) is 0 Å². The first-order valence-corrected chi connectivity index (χ1v) is 12.6. The normalized spacial score (nSPS) is 21.0. The van der Waals surface area contributed by atoms with E-state index in [9.17, 15) is 55.5 Å². The molecule has 4 atom stereocenters. The molecule has 0 unspecified atom stereocenters. The van der Waals surface area contributed by atoms with Crippen LogP contribution in [0.15, 0.2) is 54.6 Å². The molecule has 13 heteroatoms. The molecule has 2 heterocycles. The molecule has 0 radical (unpaired) electrons. The third-order valence-electron chi connectivity index (χ3n) is 7.37. The number of aromatic hydroxyl groups is 7. The molecule has 0 fully saturated rings. The molecule has 220 valence electrons. The van der Waals surface area contributed by atoms with Gasteiger partial charge in [0.2, 0.25) is 11.6 Å². The van der Waals surface area contributed by atoms with E-state index in [1.807, 2.05) is 0 Å². The fraction of sp³-hybridized carbons (Fsp3) is 0.133. The predicted molar refractivity (Wildman–Crippen MR) is 144 cm³/mol. The minimum Gasteiger partial charge on any atom is -0.508 e. The summed E-state index contributed by atoms with van der Waals surface area (Å²) in [5.74, 6) is -6.49. The highest BCUT2D eigenvalue weighted by Crippen LogP contribution is 2.51. The fourth-order valence-corrected chi connectivity index (χ4v) is 5.28. The van der Waals surface area contributed by atoms with Crippen molar-refractivity contribution in [3.8, 4) is 62.9 Å². The average molecular weight is 590 g/mol. The number of Topliss-reactive ketones (excluding diaryl/α,β-unsaturated/α-hetero) is 2. The van der Waals surface area contributed by atoms with Gasteiger partial charge in [0.15, 0.2) is 35.9 Å². The Morgan fingerprint density at radius 3 is 1.67 bits per heavy atom. The number of rotatable bonds is 3. The van der Waals surface area contributed by atoms with Crippen molar-refractivity contribution >= 4 is 11.6 Å². The Hall–Kier alpha value is -5.66. The summed E-state index contributed by atoms with van der Waals surface area (Å²) < 4.78 is 11.4. The Balaban J connectivity index is 1.42. The van der Waals surface area contributed by atoms with Gasteiger partial charge in [0, 0.05) is 23.8 Å². The SMILES string of the molecule is O=C1c2c(cc(O)c(-c3cc([C@@H]4Oc5cc(O)cc(O)c5C(=O)[C@@H]4O)ccc3O)c2O)O[C@H](c2ccc(O)c(O)c2)[C@@H]1O. The fourth-order valence-electron chi connectivity index (χ4n) is 5.28. The number of carbonyl (C=O) groups excluding carboxylic acids is 2. The van der Waals surface area contributed by atoms with E-state index in [2.05, 4.69) is 0 Å². The lowest BCUT2D eigenvalue weighted by molar-refractivity contribution is 0.0207. The van der Waals surface area contributed by atoms with E-state index in [0.717, 1.165) is 36.4 Å². The maximum absolute atomic E-state index is 13.2. The van der Waals surface area contributed by atoms with Gasteiger partial charge in [-0.1, -0.05) is 12.1 Å². The van der Waals surface area contributed by atoms with Crippen LogP contribution < -0.4 is 9.47 Å². The molecule has 2 aliphatic heterocycles. The number of ether oxygens (including phenoxy) is 2. The van der Waals surface area contributed by atoms with Crippen molar-refractivity contribution in [3.05, 3.63) is 76.9 Å². The van der Waals surface area contributed by atoms with Crippen molar-refractivity contribution in [2.45, 2.75) is 24.4 Å². The zero-order chi connectivity index (χ0) is 30.9. The number of carbonyl (C=O) groups is 2. The maximum Gasteiger partial charge on any atom is 0.202 e. The molecule has 4 aromatic carbocycles. The van der Waals surface area contributed by atoms with Crippen LogP contribution in [0.25, 0.3) is 11.1 Å². The van der Waals surface area contributed by atoms with Gasteiger partial charge in [0.25, 0.3) is 0 Å². The second kappa shape index (κ2) is 9.72. The Kier molecular flexibility index (Phi) is 6.22. The summed E-state index contributed by atoms with van der Waals surface area (Å²) >= 11 is 0. The van der Waals surface area contributed by atoms with Gasteiger partial charge in [-0.05, 0) is 35.4 Å². The Bertz CT molecular complexity index is 1850. The molecule has 13 nitrogen and oxygen atoms in total. The van der Waals surface area contributed by atoms with Gasteiger partial charge in [-0.2, -0.15) is 0 Å². The summed E-state index contributed by atoms with van der Waals surface area (Å²) in [5, 5.41) is 93.5. The summed E-state index contributed by atoms with van der Waals surface area (Å²) in [4.78, 5) is 26.1. The molecule has 0 aromatic heterocycles. The molecular weight excluding hydrogens is 568 g/mol. The van der Waals surface area contributed by atoms with E-state index in [4.69, 9.17) is 9.47 Å². The van der Waals surface area contributed by atoms with Crippen molar-refractivity contribution in [2.24, 2.45) is 0 Å². The molecule has 0 spiro atoms. The summed E-state index contributed by atoms with van der Waals surface area (Å²) in [6.07, 6.45) is -6.52. The Morgan fingerprint density at radius 2 is 1.05 bits per heavy atom. The molecular formula is C30H22O13. The number of phenols is 7. The number of hydrogen-bond acceptors (Lipinski definition) is 13. The number of hydrogen-bond donors (Lipinski definition) is 9. The van der Waals surface area contributed by atoms with Crippen LogP contribution in [0.2, 0.25) is 0 Å². The van der Waals surface area contributed by atoms with E-state index in [1.54, 1.807) is 0 Å². The molecule has 0 amide bonds. The van der Waals surface area contributed by atoms with Gasteiger partial charge in [-0.15, -0.1) is 0 Å². The molecule has 9 N–H and O–H groups in total. The minimum atomic E-state index is -1.88. The average Bonchev–Trinajstić information content (AvgIpc) is 2.94. The Morgan fingerprint density at radius 1 is 0.512 bits per heavy atom. The lowest BCUT2D eigenvalue weighted by Crippen LogP contribution is -2.36. The van der Waals surface area contributed by atoms with Crippen molar-refractivity contribution in [1.29, 1.82) is 0 Å². The molecule has 43 heavy (non-hydrogen) atoms. The van der Waals surface area contributed by atoms with Crippen LogP contribution in [0.3, 0.4) is 0 Å². The third kappa shape index (κ3) is 4.26. The molecule has 0 bridgehead atoms. The first-order chi connectivity index (χ1) is 20.4. The molecule has 6 rings (SSSR count). The minimum absolute atomic E-state index is 0.0634. The largest absolute Gasteiger partial charge is 0.508 e.